The van der Waals surface area contributed by atoms with E-state index in [4.69, 9.17) is 4.52 Å². The number of aliphatic carboxylic acids is 1. The molecule has 0 heterocycles. The van der Waals surface area contributed by atoms with Crippen molar-refractivity contribution in [3.05, 3.63) is 71.8 Å². The summed E-state index contributed by atoms with van der Waals surface area (Å²) in [7, 11) is -3.41. The number of benzene rings is 2. The maximum atomic E-state index is 14.1. The summed E-state index contributed by atoms with van der Waals surface area (Å²) in [5, 5.41) is 9.20. The number of hydrogen-bond acceptors (Lipinski definition) is 5. The molecule has 0 aliphatic rings. The van der Waals surface area contributed by atoms with Gasteiger partial charge in [0.1, 0.15) is 10.5 Å². The molecule has 2 aromatic rings. The van der Waals surface area contributed by atoms with Crippen LogP contribution in [0.2, 0.25) is 0 Å². The minimum Gasteiger partial charge on any atom is -0.598 e. The van der Waals surface area contributed by atoms with Gasteiger partial charge in [-0.2, -0.15) is 0 Å². The van der Waals surface area contributed by atoms with Gasteiger partial charge in [-0.05, 0) is 44.7 Å². The first-order valence-electron chi connectivity index (χ1n) is 10.3. The minimum atomic E-state index is -3.41. The summed E-state index contributed by atoms with van der Waals surface area (Å²) in [6.07, 6.45) is 0.615. The fourth-order valence-corrected chi connectivity index (χ4v) is 6.62. The Kier molecular flexibility index (Phi) is 9.79. The van der Waals surface area contributed by atoms with Crippen LogP contribution in [0.4, 0.5) is 0 Å². The van der Waals surface area contributed by atoms with Crippen LogP contribution in [0.5, 0.6) is 0 Å². The third-order valence-electron chi connectivity index (χ3n) is 4.75. The summed E-state index contributed by atoms with van der Waals surface area (Å²) in [5.74, 6) is -1.82. The van der Waals surface area contributed by atoms with Crippen LogP contribution in [0.3, 0.4) is 0 Å². The molecule has 0 aromatic heterocycles. The predicted octanol–water partition coefficient (Wildman–Crippen LogP) is 4.97. The molecular formula is C23H32NO5PS. The van der Waals surface area contributed by atoms with Gasteiger partial charge in [0, 0.05) is 23.9 Å². The number of hydrogen-bond donors (Lipinski definition) is 2. The van der Waals surface area contributed by atoms with E-state index in [0.717, 1.165) is 11.1 Å². The van der Waals surface area contributed by atoms with Crippen molar-refractivity contribution < 1.29 is 23.5 Å². The van der Waals surface area contributed by atoms with Crippen molar-refractivity contribution >= 4 is 24.7 Å². The van der Waals surface area contributed by atoms with Crippen LogP contribution in [-0.4, -0.2) is 32.3 Å². The first-order chi connectivity index (χ1) is 14.6. The Balaban J connectivity index is 2.27. The first-order valence-corrected chi connectivity index (χ1v) is 13.3. The zero-order valence-electron chi connectivity index (χ0n) is 18.3. The number of carboxylic acid groups (broad SMARTS) is 1. The number of nitrogens with one attached hydrogen (secondary N) is 1. The maximum absolute atomic E-state index is 14.1. The third kappa shape index (κ3) is 8.79. The Morgan fingerprint density at radius 1 is 1.10 bits per heavy atom. The molecule has 8 heteroatoms. The second-order valence-corrected chi connectivity index (χ2v) is 13.2. The summed E-state index contributed by atoms with van der Waals surface area (Å²) in [5.41, 5.74) is 1.89. The molecule has 0 amide bonds. The number of aryl methyl sites for hydroxylation is 1. The van der Waals surface area contributed by atoms with Gasteiger partial charge in [-0.25, -0.2) is 0 Å². The summed E-state index contributed by atoms with van der Waals surface area (Å²) >= 11 is -1.52. The molecule has 31 heavy (non-hydrogen) atoms. The summed E-state index contributed by atoms with van der Waals surface area (Å²) < 4.78 is 35.3. The summed E-state index contributed by atoms with van der Waals surface area (Å²) in [6.45, 7) is 5.57. The van der Waals surface area contributed by atoms with Gasteiger partial charge in [0.05, 0.1) is 6.61 Å². The molecule has 0 aliphatic carbocycles. The highest BCUT2D eigenvalue weighted by Crippen LogP contribution is 2.54. The Bertz CT molecular complexity index is 810. The van der Waals surface area contributed by atoms with E-state index in [0.29, 0.717) is 6.42 Å². The lowest BCUT2D eigenvalue weighted by Gasteiger charge is -2.32. The largest absolute Gasteiger partial charge is 0.598 e. The van der Waals surface area contributed by atoms with Gasteiger partial charge in [-0.1, -0.05) is 60.7 Å². The van der Waals surface area contributed by atoms with Crippen LogP contribution in [0.1, 0.15) is 44.7 Å². The van der Waals surface area contributed by atoms with E-state index in [1.54, 1.807) is 0 Å². The average Bonchev–Trinajstić information content (AvgIpc) is 2.74. The summed E-state index contributed by atoms with van der Waals surface area (Å²) in [4.78, 5) is 11.2. The quantitative estimate of drug-likeness (QED) is 0.339. The fraction of sp³-hybridized carbons (Fsp3) is 0.435. The van der Waals surface area contributed by atoms with Gasteiger partial charge in [0.2, 0.25) is 7.37 Å². The van der Waals surface area contributed by atoms with Crippen molar-refractivity contribution in [1.82, 2.24) is 4.72 Å². The highest BCUT2D eigenvalue weighted by atomic mass is 32.2. The fourth-order valence-electron chi connectivity index (χ4n) is 2.89. The molecule has 3 atom stereocenters. The lowest BCUT2D eigenvalue weighted by atomic mass is 10.2. The molecule has 0 saturated heterocycles. The molecule has 0 saturated carbocycles. The van der Waals surface area contributed by atoms with E-state index in [-0.39, 0.29) is 25.6 Å². The van der Waals surface area contributed by atoms with Crippen molar-refractivity contribution in [1.29, 1.82) is 0 Å². The molecule has 0 radical (unpaired) electrons. The molecule has 170 valence electrons. The normalized spacial score (nSPS) is 15.7. The number of carbonyl (C=O) groups is 1. The molecule has 0 bridgehead atoms. The van der Waals surface area contributed by atoms with E-state index in [1.165, 1.54) is 0 Å². The Hall–Kier alpha value is -1.63. The average molecular weight is 466 g/mol. The number of rotatable bonds is 12. The van der Waals surface area contributed by atoms with E-state index in [1.807, 2.05) is 81.4 Å². The topological polar surface area (TPSA) is 98.7 Å². The van der Waals surface area contributed by atoms with E-state index >= 15 is 0 Å². The standard InChI is InChI=1S/C23H32NO5PS/c1-23(2,3)31(28)24-21(14-15-22(25)26)30(27,17-16-19-10-6-4-7-11-19)29-18-20-12-8-5-9-13-20/h4-13,21,24H,14-18H2,1-3H3,(H,25,26)/t21-,30?,31+/m1/s1. The monoisotopic (exact) mass is 465 g/mol. The van der Waals surface area contributed by atoms with Gasteiger partial charge >= 0.3 is 5.97 Å². The molecule has 0 aliphatic heterocycles. The highest BCUT2D eigenvalue weighted by Gasteiger charge is 2.40. The van der Waals surface area contributed by atoms with Crippen LogP contribution in [0.25, 0.3) is 0 Å². The van der Waals surface area contributed by atoms with Crippen molar-refractivity contribution in [3.8, 4) is 0 Å². The van der Waals surface area contributed by atoms with Gasteiger partial charge in [-0.15, -0.1) is 4.72 Å². The van der Waals surface area contributed by atoms with E-state index < -0.39 is 35.2 Å². The van der Waals surface area contributed by atoms with E-state index in [9.17, 15) is 19.0 Å². The first kappa shape index (κ1) is 25.6. The molecular weight excluding hydrogens is 433 g/mol. The van der Waals surface area contributed by atoms with Gasteiger partial charge in [0.25, 0.3) is 0 Å². The van der Waals surface area contributed by atoms with Gasteiger partial charge < -0.3 is 14.2 Å². The molecule has 2 aromatic carbocycles. The summed E-state index contributed by atoms with van der Waals surface area (Å²) in [6, 6.07) is 19.1. The molecule has 6 nitrogen and oxygen atoms in total. The van der Waals surface area contributed by atoms with Crippen LogP contribution in [0.15, 0.2) is 60.7 Å². The van der Waals surface area contributed by atoms with Crippen LogP contribution >= 0.6 is 7.37 Å². The van der Waals surface area contributed by atoms with Crippen molar-refractivity contribution in [3.63, 3.8) is 0 Å². The number of carboxylic acids is 1. The smallest absolute Gasteiger partial charge is 0.303 e. The third-order valence-corrected chi connectivity index (χ3v) is 9.29. The van der Waals surface area contributed by atoms with Crippen molar-refractivity contribution in [2.24, 2.45) is 0 Å². The van der Waals surface area contributed by atoms with Crippen LogP contribution < -0.4 is 4.72 Å². The Labute approximate surface area is 188 Å². The Morgan fingerprint density at radius 2 is 1.65 bits per heavy atom. The molecule has 2 N–H and O–H groups in total. The lowest BCUT2D eigenvalue weighted by Crippen LogP contribution is -2.45. The van der Waals surface area contributed by atoms with Crippen LogP contribution in [-0.2, 0) is 38.3 Å². The van der Waals surface area contributed by atoms with Gasteiger partial charge in [-0.3, -0.25) is 9.36 Å². The molecule has 1 unspecified atom stereocenters. The van der Waals surface area contributed by atoms with Gasteiger partial charge in [0.15, 0.2) is 0 Å². The SMILES string of the molecule is CC(C)(C)[S@+]([O-])N[C@@H](CCC(=O)O)P(=O)(CCc1ccccc1)OCc1ccccc1. The zero-order chi connectivity index (χ0) is 22.9. The highest BCUT2D eigenvalue weighted by molar-refractivity contribution is 7.91. The molecule has 0 fully saturated rings. The second kappa shape index (κ2) is 11.8. The van der Waals surface area contributed by atoms with Crippen molar-refractivity contribution in [2.75, 3.05) is 6.16 Å². The minimum absolute atomic E-state index is 0.0675. The molecule has 0 spiro atoms. The van der Waals surface area contributed by atoms with E-state index in [2.05, 4.69) is 4.72 Å². The Morgan fingerprint density at radius 3 is 2.16 bits per heavy atom. The van der Waals surface area contributed by atoms with Crippen molar-refractivity contribution in [2.45, 2.75) is 57.2 Å². The molecule has 2 rings (SSSR count). The van der Waals surface area contributed by atoms with Crippen LogP contribution in [0, 0.1) is 0 Å². The predicted molar refractivity (Wildman–Crippen MR) is 126 cm³/mol. The zero-order valence-corrected chi connectivity index (χ0v) is 20.0. The second-order valence-electron chi connectivity index (χ2n) is 8.39. The maximum Gasteiger partial charge on any atom is 0.303 e. The lowest BCUT2D eigenvalue weighted by molar-refractivity contribution is -0.137.